The van der Waals surface area contributed by atoms with E-state index in [9.17, 15) is 13.2 Å². The molecule has 0 aliphatic heterocycles. The van der Waals surface area contributed by atoms with Crippen molar-refractivity contribution in [2.75, 3.05) is 17.6 Å². The van der Waals surface area contributed by atoms with Gasteiger partial charge in [0.15, 0.2) is 0 Å². The summed E-state index contributed by atoms with van der Waals surface area (Å²) < 4.78 is 30.5. The van der Waals surface area contributed by atoms with E-state index in [1.165, 1.54) is 19.2 Å². The summed E-state index contributed by atoms with van der Waals surface area (Å²) in [5, 5.41) is 17.4. The maximum Gasteiger partial charge on any atom is 0.304 e. The van der Waals surface area contributed by atoms with E-state index in [-0.39, 0.29) is 17.0 Å². The molecule has 102 valence electrons. The van der Waals surface area contributed by atoms with Gasteiger partial charge in [0, 0.05) is 0 Å². The Morgan fingerprint density at radius 2 is 2.21 bits per heavy atom. The standard InChI is InChI=1S/C11H12N2O5S/c1-18-9-4-2-3-8(7-12)11(9)13-19(16,17)6-5-10(14)15/h2-4,13H,5-6H2,1H3,(H,14,15). The molecule has 0 bridgehead atoms. The zero-order valence-corrected chi connectivity index (χ0v) is 10.9. The first-order valence-corrected chi connectivity index (χ1v) is 6.84. The Bertz CT molecular complexity index is 618. The molecule has 1 rings (SSSR count). The van der Waals surface area contributed by atoms with Crippen LogP contribution in [0.4, 0.5) is 5.69 Å². The number of carboxylic acid groups (broad SMARTS) is 1. The van der Waals surface area contributed by atoms with Crippen LogP contribution in [0.5, 0.6) is 5.75 Å². The van der Waals surface area contributed by atoms with E-state index in [0.29, 0.717) is 0 Å². The second kappa shape index (κ2) is 6.06. The van der Waals surface area contributed by atoms with Crippen LogP contribution in [-0.4, -0.2) is 32.4 Å². The van der Waals surface area contributed by atoms with E-state index < -0.39 is 28.2 Å². The fourth-order valence-corrected chi connectivity index (χ4v) is 2.39. The van der Waals surface area contributed by atoms with Gasteiger partial charge in [-0.05, 0) is 12.1 Å². The highest BCUT2D eigenvalue weighted by atomic mass is 32.2. The number of carbonyl (C=O) groups is 1. The first kappa shape index (κ1) is 14.8. The van der Waals surface area contributed by atoms with Gasteiger partial charge in [-0.15, -0.1) is 0 Å². The van der Waals surface area contributed by atoms with Crippen molar-refractivity contribution in [1.82, 2.24) is 0 Å². The van der Waals surface area contributed by atoms with Gasteiger partial charge in [-0.1, -0.05) is 6.07 Å². The zero-order valence-electron chi connectivity index (χ0n) is 10.1. The van der Waals surface area contributed by atoms with Crippen LogP contribution in [0, 0.1) is 11.3 Å². The van der Waals surface area contributed by atoms with Crippen molar-refractivity contribution >= 4 is 21.7 Å². The molecule has 19 heavy (non-hydrogen) atoms. The third-order valence-corrected chi connectivity index (χ3v) is 3.47. The first-order valence-electron chi connectivity index (χ1n) is 5.19. The number of hydrogen-bond acceptors (Lipinski definition) is 5. The average molecular weight is 284 g/mol. The number of ether oxygens (including phenoxy) is 1. The molecule has 0 fully saturated rings. The molecule has 0 radical (unpaired) electrons. The van der Waals surface area contributed by atoms with E-state index in [1.54, 1.807) is 6.07 Å². The molecule has 2 N–H and O–H groups in total. The Hall–Kier alpha value is -2.27. The number of rotatable bonds is 6. The van der Waals surface area contributed by atoms with E-state index in [2.05, 4.69) is 4.72 Å². The minimum Gasteiger partial charge on any atom is -0.495 e. The predicted octanol–water partition coefficient (Wildman–Crippen LogP) is 0.783. The summed E-state index contributed by atoms with van der Waals surface area (Å²) in [6.45, 7) is 0. The van der Waals surface area contributed by atoms with Gasteiger partial charge in [0.25, 0.3) is 0 Å². The lowest BCUT2D eigenvalue weighted by molar-refractivity contribution is -0.136. The molecular formula is C11H12N2O5S. The first-order chi connectivity index (χ1) is 8.89. The van der Waals surface area contributed by atoms with E-state index in [4.69, 9.17) is 15.1 Å². The Labute approximate surface area is 110 Å². The van der Waals surface area contributed by atoms with Crippen molar-refractivity contribution < 1.29 is 23.1 Å². The lowest BCUT2D eigenvalue weighted by Crippen LogP contribution is -2.20. The fourth-order valence-electron chi connectivity index (χ4n) is 1.33. The molecule has 7 nitrogen and oxygen atoms in total. The van der Waals surface area contributed by atoms with Gasteiger partial charge in [0.1, 0.15) is 17.5 Å². The second-order valence-electron chi connectivity index (χ2n) is 3.56. The van der Waals surface area contributed by atoms with E-state index in [0.717, 1.165) is 0 Å². The lowest BCUT2D eigenvalue weighted by Gasteiger charge is -2.12. The number of para-hydroxylation sites is 1. The third-order valence-electron chi connectivity index (χ3n) is 2.21. The maximum absolute atomic E-state index is 11.7. The number of nitrogens with one attached hydrogen (secondary N) is 1. The minimum atomic E-state index is -3.86. The highest BCUT2D eigenvalue weighted by molar-refractivity contribution is 7.92. The summed E-state index contributed by atoms with van der Waals surface area (Å²) in [7, 11) is -2.52. The molecule has 0 unspecified atom stereocenters. The van der Waals surface area contributed by atoms with Crippen LogP contribution < -0.4 is 9.46 Å². The summed E-state index contributed by atoms with van der Waals surface area (Å²) in [6, 6.07) is 6.31. The molecule has 0 saturated carbocycles. The Balaban J connectivity index is 3.05. The van der Waals surface area contributed by atoms with E-state index in [1.807, 2.05) is 6.07 Å². The molecule has 0 saturated heterocycles. The van der Waals surface area contributed by atoms with Crippen molar-refractivity contribution in [3.63, 3.8) is 0 Å². The lowest BCUT2D eigenvalue weighted by atomic mass is 10.2. The molecule has 0 aliphatic carbocycles. The average Bonchev–Trinajstić information content (AvgIpc) is 2.36. The molecule has 1 aromatic rings. The molecule has 0 aliphatic rings. The van der Waals surface area contributed by atoms with Crippen LogP contribution in [0.1, 0.15) is 12.0 Å². The minimum absolute atomic E-state index is 0.0119. The normalized spacial score (nSPS) is 10.5. The van der Waals surface area contributed by atoms with Gasteiger partial charge in [-0.25, -0.2) is 8.42 Å². The van der Waals surface area contributed by atoms with Crippen molar-refractivity contribution in [1.29, 1.82) is 5.26 Å². The number of nitriles is 1. The SMILES string of the molecule is COc1cccc(C#N)c1NS(=O)(=O)CCC(=O)O. The highest BCUT2D eigenvalue weighted by Gasteiger charge is 2.18. The van der Waals surface area contributed by atoms with Crippen LogP contribution in [-0.2, 0) is 14.8 Å². The van der Waals surface area contributed by atoms with Gasteiger partial charge >= 0.3 is 5.97 Å². The molecule has 8 heteroatoms. The Kier molecular flexibility index (Phi) is 4.72. The Morgan fingerprint density at radius 1 is 1.53 bits per heavy atom. The molecule has 0 spiro atoms. The second-order valence-corrected chi connectivity index (χ2v) is 5.40. The monoisotopic (exact) mass is 284 g/mol. The number of methoxy groups -OCH3 is 1. The van der Waals surface area contributed by atoms with Gasteiger partial charge in [-0.2, -0.15) is 5.26 Å². The molecule has 0 amide bonds. The van der Waals surface area contributed by atoms with Crippen LogP contribution in [0.2, 0.25) is 0 Å². The van der Waals surface area contributed by atoms with Crippen LogP contribution in [0.15, 0.2) is 18.2 Å². The van der Waals surface area contributed by atoms with Crippen LogP contribution in [0.3, 0.4) is 0 Å². The van der Waals surface area contributed by atoms with Crippen LogP contribution in [0.25, 0.3) is 0 Å². The van der Waals surface area contributed by atoms with Gasteiger partial charge < -0.3 is 9.84 Å². The molecule has 0 atom stereocenters. The summed E-state index contributed by atoms with van der Waals surface area (Å²) in [4.78, 5) is 10.4. The van der Waals surface area contributed by atoms with Crippen molar-refractivity contribution in [3.8, 4) is 11.8 Å². The van der Waals surface area contributed by atoms with Crippen molar-refractivity contribution in [2.45, 2.75) is 6.42 Å². The number of carboxylic acids is 1. The number of aliphatic carboxylic acids is 1. The van der Waals surface area contributed by atoms with E-state index >= 15 is 0 Å². The Morgan fingerprint density at radius 3 is 2.74 bits per heavy atom. The smallest absolute Gasteiger partial charge is 0.304 e. The molecule has 0 heterocycles. The summed E-state index contributed by atoms with van der Waals surface area (Å²) in [5.74, 6) is -1.60. The van der Waals surface area contributed by atoms with Crippen molar-refractivity contribution in [2.24, 2.45) is 0 Å². The number of hydrogen-bond donors (Lipinski definition) is 2. The quantitative estimate of drug-likeness (QED) is 0.797. The summed E-state index contributed by atoms with van der Waals surface area (Å²) in [5.41, 5.74) is 0.108. The number of sulfonamides is 1. The molecule has 0 aromatic heterocycles. The number of nitrogens with zero attached hydrogens (tertiary/aromatic N) is 1. The third kappa shape index (κ3) is 4.15. The number of anilines is 1. The zero-order chi connectivity index (χ0) is 14.5. The number of benzene rings is 1. The maximum atomic E-state index is 11.7. The molecule has 1 aromatic carbocycles. The molecular weight excluding hydrogens is 272 g/mol. The fraction of sp³-hybridized carbons (Fsp3) is 0.273. The van der Waals surface area contributed by atoms with Gasteiger partial charge in [0.2, 0.25) is 10.0 Å². The highest BCUT2D eigenvalue weighted by Crippen LogP contribution is 2.28. The van der Waals surface area contributed by atoms with Crippen LogP contribution >= 0.6 is 0 Å². The van der Waals surface area contributed by atoms with Gasteiger partial charge in [-0.3, -0.25) is 9.52 Å². The summed E-state index contributed by atoms with van der Waals surface area (Å²) >= 11 is 0. The summed E-state index contributed by atoms with van der Waals surface area (Å²) in [6.07, 6.45) is -0.521. The largest absolute Gasteiger partial charge is 0.495 e. The topological polar surface area (TPSA) is 116 Å². The van der Waals surface area contributed by atoms with Crippen molar-refractivity contribution in [3.05, 3.63) is 23.8 Å². The van der Waals surface area contributed by atoms with Gasteiger partial charge in [0.05, 0.1) is 24.8 Å². The predicted molar refractivity (Wildman–Crippen MR) is 67.4 cm³/mol.